The molecule has 2 rings (SSSR count). The van der Waals surface area contributed by atoms with Crippen LogP contribution in [0.3, 0.4) is 0 Å². The molecule has 136 valence electrons. The van der Waals surface area contributed by atoms with E-state index in [2.05, 4.69) is 0 Å². The quantitative estimate of drug-likeness (QED) is 0.682. The number of hydrogen-bond donors (Lipinski definition) is 2. The number of halogens is 2. The van der Waals surface area contributed by atoms with Gasteiger partial charge in [0.25, 0.3) is 0 Å². The minimum absolute atomic E-state index is 0.0612. The Bertz CT molecular complexity index is 644. The summed E-state index contributed by atoms with van der Waals surface area (Å²) in [6.07, 6.45) is 0. The van der Waals surface area contributed by atoms with Crippen molar-refractivity contribution in [1.82, 2.24) is 0 Å². The Hall–Kier alpha value is -1.10. The summed E-state index contributed by atoms with van der Waals surface area (Å²) in [5.41, 5.74) is 3.81. The van der Waals surface area contributed by atoms with E-state index in [1.165, 1.54) is 0 Å². The van der Waals surface area contributed by atoms with Crippen molar-refractivity contribution < 1.29 is 14.9 Å². The van der Waals surface area contributed by atoms with Gasteiger partial charge >= 0.3 is 0 Å². The molecule has 5 heteroatoms. The first-order chi connectivity index (χ1) is 12.0. The van der Waals surface area contributed by atoms with Crippen LogP contribution in [-0.4, -0.2) is 23.4 Å². The average molecular weight is 383 g/mol. The second-order valence-corrected chi connectivity index (χ2v) is 7.18. The maximum absolute atomic E-state index is 9.22. The number of hydrogen-bond acceptors (Lipinski definition) is 3. The van der Waals surface area contributed by atoms with Gasteiger partial charge in [0.1, 0.15) is 0 Å². The van der Waals surface area contributed by atoms with E-state index < -0.39 is 0 Å². The zero-order chi connectivity index (χ0) is 18.4. The van der Waals surface area contributed by atoms with E-state index in [0.29, 0.717) is 23.3 Å². The van der Waals surface area contributed by atoms with Gasteiger partial charge in [0, 0.05) is 35.1 Å². The number of ether oxygens (including phenoxy) is 1. The van der Waals surface area contributed by atoms with Crippen LogP contribution in [0.2, 0.25) is 10.0 Å². The van der Waals surface area contributed by atoms with Gasteiger partial charge in [-0.3, -0.25) is 0 Å². The van der Waals surface area contributed by atoms with Crippen molar-refractivity contribution in [2.45, 2.75) is 38.9 Å². The molecule has 2 aromatic rings. The SMILES string of the molecule is CC(CO)c1ccc(COCc2ccc(C(C)CO)cc2Cl)c(Cl)c1. The molecular formula is C20H24Cl2O3. The molecule has 25 heavy (non-hydrogen) atoms. The summed E-state index contributed by atoms with van der Waals surface area (Å²) in [5, 5.41) is 19.7. The zero-order valence-corrected chi connectivity index (χ0v) is 16.0. The van der Waals surface area contributed by atoms with Crippen molar-refractivity contribution >= 4 is 23.2 Å². The van der Waals surface area contributed by atoms with E-state index in [1.54, 1.807) is 0 Å². The molecule has 0 amide bonds. The molecule has 0 radical (unpaired) electrons. The Morgan fingerprint density at radius 2 is 1.20 bits per heavy atom. The summed E-state index contributed by atoms with van der Waals surface area (Å²) in [6.45, 7) is 4.86. The summed E-state index contributed by atoms with van der Waals surface area (Å²) in [6, 6.07) is 11.5. The summed E-state index contributed by atoms with van der Waals surface area (Å²) < 4.78 is 5.75. The Kier molecular flexibility index (Phi) is 7.73. The smallest absolute Gasteiger partial charge is 0.0735 e. The highest BCUT2D eigenvalue weighted by atomic mass is 35.5. The molecule has 0 bridgehead atoms. The van der Waals surface area contributed by atoms with E-state index in [-0.39, 0.29) is 25.0 Å². The Balaban J connectivity index is 1.97. The maximum Gasteiger partial charge on any atom is 0.0735 e. The summed E-state index contributed by atoms with van der Waals surface area (Å²) >= 11 is 12.6. The Morgan fingerprint density at radius 1 is 0.800 bits per heavy atom. The van der Waals surface area contributed by atoms with Gasteiger partial charge in [-0.05, 0) is 34.4 Å². The van der Waals surface area contributed by atoms with Crippen LogP contribution in [0.25, 0.3) is 0 Å². The van der Waals surface area contributed by atoms with E-state index >= 15 is 0 Å². The van der Waals surface area contributed by atoms with Gasteiger partial charge in [-0.1, -0.05) is 61.3 Å². The Morgan fingerprint density at radius 3 is 1.52 bits per heavy atom. The van der Waals surface area contributed by atoms with Crippen molar-refractivity contribution in [2.75, 3.05) is 13.2 Å². The van der Waals surface area contributed by atoms with Gasteiger partial charge in [-0.25, -0.2) is 0 Å². The van der Waals surface area contributed by atoms with Crippen molar-refractivity contribution in [2.24, 2.45) is 0 Å². The third-order valence-electron chi connectivity index (χ3n) is 4.36. The van der Waals surface area contributed by atoms with Crippen LogP contribution in [0.1, 0.15) is 47.9 Å². The van der Waals surface area contributed by atoms with Crippen LogP contribution in [0.5, 0.6) is 0 Å². The molecule has 3 nitrogen and oxygen atoms in total. The minimum Gasteiger partial charge on any atom is -0.396 e. The molecule has 2 atom stereocenters. The lowest BCUT2D eigenvalue weighted by Gasteiger charge is -2.13. The highest BCUT2D eigenvalue weighted by Crippen LogP contribution is 2.26. The molecule has 2 unspecified atom stereocenters. The third-order valence-corrected chi connectivity index (χ3v) is 5.06. The second kappa shape index (κ2) is 9.56. The lowest BCUT2D eigenvalue weighted by molar-refractivity contribution is 0.107. The summed E-state index contributed by atoms with van der Waals surface area (Å²) in [4.78, 5) is 0. The second-order valence-electron chi connectivity index (χ2n) is 6.36. The molecule has 2 aromatic carbocycles. The number of rotatable bonds is 8. The highest BCUT2D eigenvalue weighted by Gasteiger charge is 2.10. The van der Waals surface area contributed by atoms with Crippen molar-refractivity contribution in [3.8, 4) is 0 Å². The number of aliphatic hydroxyl groups excluding tert-OH is 2. The van der Waals surface area contributed by atoms with E-state index in [0.717, 1.165) is 22.3 Å². The standard InChI is InChI=1S/C20H24Cl2O3/c1-13(9-23)15-3-5-17(19(21)7-15)11-25-12-18-6-4-16(8-20(18)22)14(2)10-24/h3-8,13-14,23-24H,9-12H2,1-2H3. The lowest BCUT2D eigenvalue weighted by Crippen LogP contribution is -2.02. The fourth-order valence-corrected chi connectivity index (χ4v) is 2.94. The predicted molar refractivity (Wildman–Crippen MR) is 102 cm³/mol. The van der Waals surface area contributed by atoms with Crippen LogP contribution in [0.4, 0.5) is 0 Å². The first-order valence-electron chi connectivity index (χ1n) is 8.32. The third kappa shape index (κ3) is 5.44. The highest BCUT2D eigenvalue weighted by molar-refractivity contribution is 6.31. The number of benzene rings is 2. The molecule has 0 aliphatic rings. The monoisotopic (exact) mass is 382 g/mol. The lowest BCUT2D eigenvalue weighted by atomic mass is 10.0. The van der Waals surface area contributed by atoms with Crippen molar-refractivity contribution in [3.05, 3.63) is 68.7 Å². The molecule has 0 aliphatic carbocycles. The molecule has 0 heterocycles. The van der Waals surface area contributed by atoms with Crippen molar-refractivity contribution in [1.29, 1.82) is 0 Å². The van der Waals surface area contributed by atoms with Gasteiger partial charge < -0.3 is 14.9 Å². The normalized spacial score (nSPS) is 13.7. The number of aliphatic hydroxyl groups is 2. The molecule has 0 aromatic heterocycles. The van der Waals surface area contributed by atoms with Crippen LogP contribution in [0, 0.1) is 0 Å². The van der Waals surface area contributed by atoms with Crippen LogP contribution in [-0.2, 0) is 18.0 Å². The van der Waals surface area contributed by atoms with Gasteiger partial charge in [0.15, 0.2) is 0 Å². The first-order valence-corrected chi connectivity index (χ1v) is 9.08. The molecule has 0 saturated heterocycles. The van der Waals surface area contributed by atoms with E-state index in [9.17, 15) is 10.2 Å². The molecular weight excluding hydrogens is 359 g/mol. The summed E-state index contributed by atoms with van der Waals surface area (Å²) in [7, 11) is 0. The topological polar surface area (TPSA) is 49.7 Å². The van der Waals surface area contributed by atoms with Crippen LogP contribution < -0.4 is 0 Å². The Labute approximate surface area is 159 Å². The van der Waals surface area contributed by atoms with Crippen LogP contribution >= 0.6 is 23.2 Å². The fraction of sp³-hybridized carbons (Fsp3) is 0.400. The predicted octanol–water partition coefficient (Wildman–Crippen LogP) is 4.90. The minimum atomic E-state index is 0.0612. The first kappa shape index (κ1) is 20.2. The van der Waals surface area contributed by atoms with Crippen LogP contribution in [0.15, 0.2) is 36.4 Å². The van der Waals surface area contributed by atoms with Gasteiger partial charge in [-0.15, -0.1) is 0 Å². The van der Waals surface area contributed by atoms with E-state index in [1.807, 2.05) is 50.2 Å². The summed E-state index contributed by atoms with van der Waals surface area (Å²) in [5.74, 6) is 0.122. The average Bonchev–Trinajstić information content (AvgIpc) is 2.62. The molecule has 0 fully saturated rings. The zero-order valence-electron chi connectivity index (χ0n) is 14.5. The maximum atomic E-state index is 9.22. The van der Waals surface area contributed by atoms with E-state index in [4.69, 9.17) is 27.9 Å². The van der Waals surface area contributed by atoms with Gasteiger partial charge in [-0.2, -0.15) is 0 Å². The van der Waals surface area contributed by atoms with Gasteiger partial charge in [0.05, 0.1) is 13.2 Å². The largest absolute Gasteiger partial charge is 0.396 e. The molecule has 0 saturated carbocycles. The van der Waals surface area contributed by atoms with Crippen molar-refractivity contribution in [3.63, 3.8) is 0 Å². The van der Waals surface area contributed by atoms with Gasteiger partial charge in [0.2, 0.25) is 0 Å². The molecule has 0 spiro atoms. The fourth-order valence-electron chi connectivity index (χ4n) is 2.46. The molecule has 2 N–H and O–H groups in total. The molecule has 0 aliphatic heterocycles.